The molecule has 0 aliphatic rings. The molecule has 4 nitrogen and oxygen atoms in total. The van der Waals surface area contributed by atoms with Gasteiger partial charge >= 0.3 is 0 Å². The molecule has 4 heteroatoms. The average Bonchev–Trinajstić information content (AvgIpc) is 2.45. The topological polar surface area (TPSA) is 55.9 Å². The van der Waals surface area contributed by atoms with Gasteiger partial charge in [0.05, 0.1) is 10.9 Å². The van der Waals surface area contributed by atoms with Gasteiger partial charge in [0.15, 0.2) is 5.82 Å². The first-order valence-electron chi connectivity index (χ1n) is 4.13. The highest BCUT2D eigenvalue weighted by atomic mass is 15.3. The molecule has 68 valence electrons. The fourth-order valence-electron chi connectivity index (χ4n) is 1.51. The summed E-state index contributed by atoms with van der Waals surface area (Å²) in [4.78, 5) is 0. The van der Waals surface area contributed by atoms with E-state index in [0.717, 1.165) is 22.4 Å². The van der Waals surface area contributed by atoms with Crippen LogP contribution in [0, 0.1) is 0 Å². The molecule has 1 aromatic carbocycles. The summed E-state index contributed by atoms with van der Waals surface area (Å²) in [5.41, 5.74) is 7.66. The molecule has 13 heavy (non-hydrogen) atoms. The lowest BCUT2D eigenvalue weighted by Gasteiger charge is -1.97. The summed E-state index contributed by atoms with van der Waals surface area (Å²) >= 11 is 0. The van der Waals surface area contributed by atoms with E-state index in [1.807, 2.05) is 37.0 Å². The zero-order valence-electron chi connectivity index (χ0n) is 7.70. The molecule has 0 aliphatic heterocycles. The average molecular weight is 176 g/mol. The number of nitrogens with two attached hydrogens (primary N) is 1. The number of fused-ring (bicyclic) bond motifs is 1. The van der Waals surface area contributed by atoms with Gasteiger partial charge in [-0.2, -0.15) is 5.10 Å². The lowest BCUT2D eigenvalue weighted by Crippen LogP contribution is -1.92. The lowest BCUT2D eigenvalue weighted by molar-refractivity contribution is 0.800. The van der Waals surface area contributed by atoms with Gasteiger partial charge < -0.3 is 11.1 Å². The largest absolute Gasteiger partial charge is 0.398 e. The summed E-state index contributed by atoms with van der Waals surface area (Å²) in [6.07, 6.45) is 0. The third-order valence-electron chi connectivity index (χ3n) is 2.15. The lowest BCUT2D eigenvalue weighted by atomic mass is 10.2. The van der Waals surface area contributed by atoms with E-state index in [2.05, 4.69) is 10.4 Å². The van der Waals surface area contributed by atoms with Crippen molar-refractivity contribution in [2.45, 2.75) is 0 Å². The Morgan fingerprint density at radius 1 is 1.46 bits per heavy atom. The number of anilines is 2. The molecule has 0 saturated heterocycles. The SMILES string of the molecule is CNc1nn(C)c2cccc(N)c12. The zero-order valence-corrected chi connectivity index (χ0v) is 7.70. The summed E-state index contributed by atoms with van der Waals surface area (Å²) < 4.78 is 1.82. The molecule has 0 aliphatic carbocycles. The van der Waals surface area contributed by atoms with Crippen LogP contribution < -0.4 is 11.1 Å². The van der Waals surface area contributed by atoms with Crippen molar-refractivity contribution < 1.29 is 0 Å². The minimum Gasteiger partial charge on any atom is -0.398 e. The monoisotopic (exact) mass is 176 g/mol. The minimum absolute atomic E-state index is 0.759. The molecular weight excluding hydrogens is 164 g/mol. The number of hydrogen-bond donors (Lipinski definition) is 2. The van der Waals surface area contributed by atoms with Gasteiger partial charge in [0, 0.05) is 19.8 Å². The van der Waals surface area contributed by atoms with Crippen molar-refractivity contribution in [2.75, 3.05) is 18.1 Å². The van der Waals surface area contributed by atoms with Gasteiger partial charge in [-0.25, -0.2) is 0 Å². The third kappa shape index (κ3) is 1.02. The Morgan fingerprint density at radius 2 is 2.23 bits per heavy atom. The molecule has 0 saturated carbocycles. The van der Waals surface area contributed by atoms with Crippen molar-refractivity contribution in [3.8, 4) is 0 Å². The van der Waals surface area contributed by atoms with Crippen LogP contribution >= 0.6 is 0 Å². The Morgan fingerprint density at radius 3 is 2.92 bits per heavy atom. The normalized spacial score (nSPS) is 10.6. The second-order valence-electron chi connectivity index (χ2n) is 2.96. The molecule has 2 aromatic rings. The predicted molar refractivity (Wildman–Crippen MR) is 54.7 cm³/mol. The van der Waals surface area contributed by atoms with Crippen LogP contribution in [0.5, 0.6) is 0 Å². The number of nitrogens with zero attached hydrogens (tertiary/aromatic N) is 2. The zero-order chi connectivity index (χ0) is 9.42. The van der Waals surface area contributed by atoms with Gasteiger partial charge in [-0.3, -0.25) is 4.68 Å². The van der Waals surface area contributed by atoms with E-state index in [1.54, 1.807) is 0 Å². The fourth-order valence-corrected chi connectivity index (χ4v) is 1.51. The third-order valence-corrected chi connectivity index (χ3v) is 2.15. The molecule has 0 atom stereocenters. The molecule has 0 spiro atoms. The fraction of sp³-hybridized carbons (Fsp3) is 0.222. The van der Waals surface area contributed by atoms with Crippen LogP contribution in [0.4, 0.5) is 11.5 Å². The van der Waals surface area contributed by atoms with Gasteiger partial charge in [0.2, 0.25) is 0 Å². The first-order valence-corrected chi connectivity index (χ1v) is 4.13. The first kappa shape index (κ1) is 7.91. The number of nitrogens with one attached hydrogen (secondary N) is 1. The van der Waals surface area contributed by atoms with E-state index in [9.17, 15) is 0 Å². The van der Waals surface area contributed by atoms with Crippen molar-refractivity contribution >= 4 is 22.4 Å². The van der Waals surface area contributed by atoms with E-state index in [0.29, 0.717) is 0 Å². The molecule has 0 fully saturated rings. The molecule has 0 bridgehead atoms. The highest BCUT2D eigenvalue weighted by Crippen LogP contribution is 2.27. The van der Waals surface area contributed by atoms with Gasteiger partial charge in [0.25, 0.3) is 0 Å². The number of aryl methyl sites for hydroxylation is 1. The van der Waals surface area contributed by atoms with Crippen molar-refractivity contribution in [2.24, 2.45) is 7.05 Å². The first-order chi connectivity index (χ1) is 6.24. The number of aromatic nitrogens is 2. The van der Waals surface area contributed by atoms with E-state index in [1.165, 1.54) is 0 Å². The van der Waals surface area contributed by atoms with Crippen LogP contribution in [0.15, 0.2) is 18.2 Å². The Labute approximate surface area is 76.3 Å². The van der Waals surface area contributed by atoms with Crippen LogP contribution in [0.25, 0.3) is 10.9 Å². The van der Waals surface area contributed by atoms with Gasteiger partial charge in [-0.15, -0.1) is 0 Å². The Bertz CT molecular complexity index is 444. The predicted octanol–water partition coefficient (Wildman–Crippen LogP) is 1.20. The maximum Gasteiger partial charge on any atom is 0.157 e. The van der Waals surface area contributed by atoms with Crippen LogP contribution in [-0.2, 0) is 7.05 Å². The summed E-state index contributed by atoms with van der Waals surface area (Å²) in [6.45, 7) is 0. The van der Waals surface area contributed by atoms with E-state index in [-0.39, 0.29) is 0 Å². The molecule has 0 radical (unpaired) electrons. The summed E-state index contributed by atoms with van der Waals surface area (Å²) in [5.74, 6) is 0.829. The quantitative estimate of drug-likeness (QED) is 0.642. The van der Waals surface area contributed by atoms with Crippen LogP contribution in [0.3, 0.4) is 0 Å². The summed E-state index contributed by atoms with van der Waals surface area (Å²) in [6, 6.07) is 5.81. The van der Waals surface area contributed by atoms with E-state index >= 15 is 0 Å². The van der Waals surface area contributed by atoms with Gasteiger partial charge in [0.1, 0.15) is 0 Å². The summed E-state index contributed by atoms with van der Waals surface area (Å²) in [5, 5.41) is 8.31. The molecule has 1 heterocycles. The van der Waals surface area contributed by atoms with Gasteiger partial charge in [-0.1, -0.05) is 6.07 Å². The molecule has 0 amide bonds. The second kappa shape index (κ2) is 2.65. The van der Waals surface area contributed by atoms with Crippen LogP contribution in [0.2, 0.25) is 0 Å². The van der Waals surface area contributed by atoms with E-state index in [4.69, 9.17) is 5.73 Å². The molecular formula is C9H12N4. The van der Waals surface area contributed by atoms with Crippen molar-refractivity contribution in [1.82, 2.24) is 9.78 Å². The highest BCUT2D eigenvalue weighted by molar-refractivity contribution is 5.99. The number of benzene rings is 1. The molecule has 2 rings (SSSR count). The Kier molecular flexibility index (Phi) is 1.62. The minimum atomic E-state index is 0.759. The highest BCUT2D eigenvalue weighted by Gasteiger charge is 2.08. The number of hydrogen-bond acceptors (Lipinski definition) is 3. The van der Waals surface area contributed by atoms with Gasteiger partial charge in [-0.05, 0) is 12.1 Å². The standard InChI is InChI=1S/C9H12N4/c1-11-9-8-6(10)4-3-5-7(8)13(2)12-9/h3-5H,10H2,1-2H3,(H,11,12). The van der Waals surface area contributed by atoms with Crippen LogP contribution in [0.1, 0.15) is 0 Å². The molecule has 0 unspecified atom stereocenters. The number of rotatable bonds is 1. The molecule has 1 aromatic heterocycles. The van der Waals surface area contributed by atoms with E-state index < -0.39 is 0 Å². The maximum atomic E-state index is 5.85. The maximum absolute atomic E-state index is 5.85. The Hall–Kier alpha value is -1.71. The van der Waals surface area contributed by atoms with Crippen molar-refractivity contribution in [1.29, 1.82) is 0 Å². The van der Waals surface area contributed by atoms with Crippen molar-refractivity contribution in [3.05, 3.63) is 18.2 Å². The molecule has 3 N–H and O–H groups in total. The Balaban J connectivity index is 2.89. The van der Waals surface area contributed by atoms with Crippen molar-refractivity contribution in [3.63, 3.8) is 0 Å². The number of nitrogen functional groups attached to an aromatic ring is 1. The summed E-state index contributed by atoms with van der Waals surface area (Å²) in [7, 11) is 3.75. The smallest absolute Gasteiger partial charge is 0.157 e. The van der Waals surface area contributed by atoms with Crippen LogP contribution in [-0.4, -0.2) is 16.8 Å². The second-order valence-corrected chi connectivity index (χ2v) is 2.96.